The van der Waals surface area contributed by atoms with Crippen LogP contribution in [-0.4, -0.2) is 42.5 Å². The maximum absolute atomic E-state index is 13.7. The molecule has 10 nitrogen and oxygen atoms in total. The number of pyridine rings is 1. The Labute approximate surface area is 205 Å². The van der Waals surface area contributed by atoms with E-state index in [0.717, 1.165) is 24.0 Å². The number of ether oxygens (including phenoxy) is 2. The highest BCUT2D eigenvalue weighted by Gasteiger charge is 2.41. The van der Waals surface area contributed by atoms with Crippen LogP contribution in [0.2, 0.25) is 0 Å². The van der Waals surface area contributed by atoms with Gasteiger partial charge in [-0.1, -0.05) is 12.6 Å². The zero-order valence-electron chi connectivity index (χ0n) is 19.3. The standard InChI is InChI=1S/C24H24N6O4S/c1-4-21(31)27-17-6-5-7-19(11-17)30-23-16(14-29(35(30)32)18-8-9-18)12-26-24(28-23)34-22-10-15(2)20(33-3)13-25-22/h4-7,10-13,18H,1,8-9,14H2,2-3H3,(H,27,31). The third-order valence-electron chi connectivity index (χ3n) is 5.64. The molecule has 2 aromatic heterocycles. The van der Waals surface area contributed by atoms with Crippen LogP contribution in [0.25, 0.3) is 0 Å². The van der Waals surface area contributed by atoms with E-state index in [9.17, 15) is 9.00 Å². The van der Waals surface area contributed by atoms with E-state index in [1.165, 1.54) is 6.08 Å². The Morgan fingerprint density at radius 2 is 2.09 bits per heavy atom. The molecule has 35 heavy (non-hydrogen) atoms. The third-order valence-corrected chi connectivity index (χ3v) is 7.16. The van der Waals surface area contributed by atoms with Gasteiger partial charge in [0.1, 0.15) is 5.75 Å². The Morgan fingerprint density at radius 3 is 2.80 bits per heavy atom. The molecule has 1 unspecified atom stereocenters. The number of hydrogen-bond acceptors (Lipinski definition) is 7. The van der Waals surface area contributed by atoms with Crippen molar-refractivity contribution >= 4 is 34.3 Å². The van der Waals surface area contributed by atoms with Gasteiger partial charge in [0.25, 0.3) is 0 Å². The molecule has 0 spiro atoms. The lowest BCUT2D eigenvalue weighted by molar-refractivity contribution is -0.111. The summed E-state index contributed by atoms with van der Waals surface area (Å²) in [4.78, 5) is 25.0. The van der Waals surface area contributed by atoms with Gasteiger partial charge in [-0.2, -0.15) is 9.29 Å². The second-order valence-electron chi connectivity index (χ2n) is 8.17. The lowest BCUT2D eigenvalue weighted by atomic mass is 10.2. The van der Waals surface area contributed by atoms with Gasteiger partial charge in [0.2, 0.25) is 23.0 Å². The molecule has 5 rings (SSSR count). The quantitative estimate of drug-likeness (QED) is 0.500. The van der Waals surface area contributed by atoms with E-state index in [1.54, 1.807) is 48.1 Å². The van der Waals surface area contributed by atoms with Gasteiger partial charge in [-0.25, -0.2) is 18.5 Å². The van der Waals surface area contributed by atoms with Gasteiger partial charge in [0, 0.05) is 36.1 Å². The fourth-order valence-corrected chi connectivity index (χ4v) is 5.26. The molecule has 3 heterocycles. The molecule has 2 aliphatic rings. The summed E-state index contributed by atoms with van der Waals surface area (Å²) < 4.78 is 28.3. The number of anilines is 3. The predicted octanol–water partition coefficient (Wildman–Crippen LogP) is 3.80. The summed E-state index contributed by atoms with van der Waals surface area (Å²) in [7, 11) is 1.58. The highest BCUT2D eigenvalue weighted by Crippen LogP contribution is 2.41. The number of methoxy groups -OCH3 is 1. The van der Waals surface area contributed by atoms with Crippen LogP contribution in [0.3, 0.4) is 0 Å². The first kappa shape index (κ1) is 22.9. The van der Waals surface area contributed by atoms with Crippen molar-refractivity contribution in [2.24, 2.45) is 0 Å². The predicted molar refractivity (Wildman–Crippen MR) is 132 cm³/mol. The Kier molecular flexibility index (Phi) is 6.18. The normalized spacial score (nSPS) is 17.4. The van der Waals surface area contributed by atoms with E-state index >= 15 is 0 Å². The first-order valence-corrected chi connectivity index (χ1v) is 12.1. The summed E-state index contributed by atoms with van der Waals surface area (Å²) in [5.41, 5.74) is 2.85. The number of benzene rings is 1. The highest BCUT2D eigenvalue weighted by molar-refractivity contribution is 7.84. The fourth-order valence-electron chi connectivity index (χ4n) is 3.74. The first-order chi connectivity index (χ1) is 17.0. The molecule has 1 amide bonds. The molecule has 1 aliphatic carbocycles. The largest absolute Gasteiger partial charge is 0.495 e. The highest BCUT2D eigenvalue weighted by atomic mass is 32.2. The number of amides is 1. The number of nitrogens with one attached hydrogen (secondary N) is 1. The van der Waals surface area contributed by atoms with Crippen molar-refractivity contribution < 1.29 is 18.5 Å². The molecule has 1 aliphatic heterocycles. The molecule has 0 saturated heterocycles. The van der Waals surface area contributed by atoms with Gasteiger partial charge < -0.3 is 14.8 Å². The first-order valence-electron chi connectivity index (χ1n) is 11.0. The van der Waals surface area contributed by atoms with Crippen molar-refractivity contribution in [1.29, 1.82) is 0 Å². The Bertz CT molecular complexity index is 1330. The van der Waals surface area contributed by atoms with Crippen LogP contribution in [0, 0.1) is 6.92 Å². The summed E-state index contributed by atoms with van der Waals surface area (Å²) in [6.07, 6.45) is 6.45. The van der Waals surface area contributed by atoms with Crippen molar-refractivity contribution in [3.05, 3.63) is 66.5 Å². The van der Waals surface area contributed by atoms with Crippen LogP contribution in [0.1, 0.15) is 24.0 Å². The molecule has 3 aromatic rings. The number of rotatable bonds is 7. The minimum Gasteiger partial charge on any atom is -0.495 e. The number of carbonyl (C=O) groups is 1. The van der Waals surface area contributed by atoms with E-state index in [-0.39, 0.29) is 18.0 Å². The summed E-state index contributed by atoms with van der Waals surface area (Å²) >= 11 is -1.53. The minimum atomic E-state index is -1.53. The number of fused-ring (bicyclic) bond motifs is 1. The van der Waals surface area contributed by atoms with Gasteiger partial charge in [-0.05, 0) is 49.6 Å². The van der Waals surface area contributed by atoms with E-state index in [1.807, 2.05) is 17.3 Å². The maximum Gasteiger partial charge on any atom is 0.325 e. The number of hydrogen-bond donors (Lipinski definition) is 1. The van der Waals surface area contributed by atoms with E-state index in [4.69, 9.17) is 9.47 Å². The second-order valence-corrected chi connectivity index (χ2v) is 9.47. The van der Waals surface area contributed by atoms with E-state index < -0.39 is 11.2 Å². The fraction of sp³-hybridized carbons (Fsp3) is 0.250. The Balaban J connectivity index is 1.52. The zero-order chi connectivity index (χ0) is 24.5. The number of aryl methyl sites for hydroxylation is 1. The molecule has 11 heteroatoms. The number of nitrogens with zero attached hydrogens (tertiary/aromatic N) is 5. The molecule has 1 saturated carbocycles. The van der Waals surface area contributed by atoms with Crippen molar-refractivity contribution in [1.82, 2.24) is 19.3 Å². The van der Waals surface area contributed by atoms with Crippen LogP contribution >= 0.6 is 0 Å². The Morgan fingerprint density at radius 1 is 1.26 bits per heavy atom. The molecular formula is C24H24N6O4S. The molecule has 0 bridgehead atoms. The van der Waals surface area contributed by atoms with Crippen molar-refractivity contribution in [3.8, 4) is 17.6 Å². The van der Waals surface area contributed by atoms with E-state index in [0.29, 0.717) is 35.4 Å². The maximum atomic E-state index is 13.7. The topological polar surface area (TPSA) is 110 Å². The summed E-state index contributed by atoms with van der Waals surface area (Å²) in [5, 5.41) is 2.74. The Hall–Kier alpha value is -3.83. The van der Waals surface area contributed by atoms with Gasteiger partial charge in [-0.15, -0.1) is 0 Å². The average molecular weight is 493 g/mol. The molecule has 1 fully saturated rings. The SMILES string of the molecule is C=CC(=O)Nc1cccc(N2c3nc(Oc4cc(C)c(OC)cn4)ncc3CN(C3CC3)S2=O)c1. The summed E-state index contributed by atoms with van der Waals surface area (Å²) in [5.74, 6) is 1.11. The van der Waals surface area contributed by atoms with Gasteiger partial charge in [-0.3, -0.25) is 4.79 Å². The second kappa shape index (κ2) is 9.43. The van der Waals surface area contributed by atoms with Gasteiger partial charge in [0.05, 0.1) is 19.0 Å². The van der Waals surface area contributed by atoms with Crippen LogP contribution in [0.15, 0.2) is 55.4 Å². The zero-order valence-corrected chi connectivity index (χ0v) is 20.1. The van der Waals surface area contributed by atoms with Crippen LogP contribution in [0.4, 0.5) is 17.2 Å². The molecule has 1 N–H and O–H groups in total. The number of aromatic nitrogens is 3. The van der Waals surface area contributed by atoms with Crippen LogP contribution < -0.4 is 19.1 Å². The van der Waals surface area contributed by atoms with Crippen molar-refractivity contribution in [3.63, 3.8) is 0 Å². The molecule has 180 valence electrons. The number of carbonyl (C=O) groups excluding carboxylic acids is 1. The van der Waals surface area contributed by atoms with Crippen molar-refractivity contribution in [2.75, 3.05) is 16.7 Å². The molecular weight excluding hydrogens is 468 g/mol. The molecule has 1 atom stereocenters. The third kappa shape index (κ3) is 4.73. The van der Waals surface area contributed by atoms with E-state index in [2.05, 4.69) is 26.8 Å². The lowest BCUT2D eigenvalue weighted by Gasteiger charge is -2.35. The van der Waals surface area contributed by atoms with Gasteiger partial charge >= 0.3 is 6.01 Å². The lowest BCUT2D eigenvalue weighted by Crippen LogP contribution is -2.42. The van der Waals surface area contributed by atoms with Gasteiger partial charge in [0.15, 0.2) is 5.82 Å². The minimum absolute atomic E-state index is 0.0822. The van der Waals surface area contributed by atoms with Crippen LogP contribution in [0.5, 0.6) is 17.6 Å². The van der Waals surface area contributed by atoms with Crippen LogP contribution in [-0.2, 0) is 22.5 Å². The molecule has 1 aromatic carbocycles. The summed E-state index contributed by atoms with van der Waals surface area (Å²) in [6, 6.07) is 9.16. The monoisotopic (exact) mass is 492 g/mol. The smallest absolute Gasteiger partial charge is 0.325 e. The van der Waals surface area contributed by atoms with Crippen molar-refractivity contribution in [2.45, 2.75) is 32.4 Å². The average Bonchev–Trinajstić information content (AvgIpc) is 3.69. The molecule has 0 radical (unpaired) electrons. The summed E-state index contributed by atoms with van der Waals surface area (Å²) in [6.45, 7) is 5.84.